The number of hydrogen-bond acceptors (Lipinski definition) is 6. The normalized spacial score (nSPS) is 19.3. The highest BCUT2D eigenvalue weighted by molar-refractivity contribution is 5.92. The number of piperazine rings is 1. The highest BCUT2D eigenvalue weighted by Gasteiger charge is 2.28. The van der Waals surface area contributed by atoms with Gasteiger partial charge >= 0.3 is 0 Å². The second-order valence-corrected chi connectivity index (χ2v) is 7.72. The Kier molecular flexibility index (Phi) is 6.26. The number of aromatic nitrogens is 3. The quantitative estimate of drug-likeness (QED) is 0.680. The summed E-state index contributed by atoms with van der Waals surface area (Å²) in [5.74, 6) is -1.12. The number of nitrogens with zero attached hydrogens (tertiary/aromatic N) is 4. The monoisotopic (exact) mass is 448 g/mol. The number of H-pyrrole nitrogens is 1. The standard InChI is InChI=1S/C21H23F3N6O2/c1-25-20(31)14-4-5-16(19(24)27-14)30-8-6-29(7-9-30)13-3-2-12(10-13)15-11-26-17(18(22)23)21(32)28-15/h4-5,10-11,13,18H,2-3,6-9H2,1H3,(H,25,31)(H,28,32). The van der Waals surface area contributed by atoms with Crippen molar-refractivity contribution in [2.45, 2.75) is 25.3 Å². The van der Waals surface area contributed by atoms with Gasteiger partial charge in [0.2, 0.25) is 5.95 Å². The second kappa shape index (κ2) is 9.11. The van der Waals surface area contributed by atoms with Crippen molar-refractivity contribution in [1.82, 2.24) is 25.2 Å². The number of pyridine rings is 1. The van der Waals surface area contributed by atoms with Crippen molar-refractivity contribution in [3.05, 3.63) is 57.8 Å². The van der Waals surface area contributed by atoms with Crippen LogP contribution in [0.3, 0.4) is 0 Å². The van der Waals surface area contributed by atoms with E-state index in [9.17, 15) is 22.8 Å². The van der Waals surface area contributed by atoms with Gasteiger partial charge in [0.05, 0.1) is 17.6 Å². The van der Waals surface area contributed by atoms with Crippen LogP contribution in [0.5, 0.6) is 0 Å². The summed E-state index contributed by atoms with van der Waals surface area (Å²) in [5.41, 5.74) is 0.0965. The highest BCUT2D eigenvalue weighted by Crippen LogP contribution is 2.30. The molecular formula is C21H23F3N6O2. The maximum absolute atomic E-state index is 14.4. The molecule has 11 heteroatoms. The van der Waals surface area contributed by atoms with Crippen LogP contribution in [0.15, 0.2) is 29.2 Å². The molecule has 0 spiro atoms. The summed E-state index contributed by atoms with van der Waals surface area (Å²) in [7, 11) is 1.46. The minimum absolute atomic E-state index is 0.0325. The molecule has 1 amide bonds. The Morgan fingerprint density at radius 1 is 1.25 bits per heavy atom. The number of aromatic amines is 1. The van der Waals surface area contributed by atoms with Crippen LogP contribution in [0.25, 0.3) is 5.57 Å². The zero-order valence-corrected chi connectivity index (χ0v) is 17.4. The van der Waals surface area contributed by atoms with Gasteiger partial charge in [-0.25, -0.2) is 18.7 Å². The minimum atomic E-state index is -2.91. The number of nitrogens with one attached hydrogen (secondary N) is 2. The molecule has 1 atom stereocenters. The number of anilines is 1. The first-order valence-electron chi connectivity index (χ1n) is 10.3. The van der Waals surface area contributed by atoms with Gasteiger partial charge < -0.3 is 15.2 Å². The molecule has 3 heterocycles. The Balaban J connectivity index is 1.40. The number of alkyl halides is 2. The lowest BCUT2D eigenvalue weighted by Crippen LogP contribution is -2.49. The van der Waals surface area contributed by atoms with E-state index in [2.05, 4.69) is 25.2 Å². The fourth-order valence-corrected chi connectivity index (χ4v) is 4.16. The molecule has 2 N–H and O–H groups in total. The lowest BCUT2D eigenvalue weighted by molar-refractivity contribution is 0.0957. The molecule has 0 radical (unpaired) electrons. The van der Waals surface area contributed by atoms with Crippen molar-refractivity contribution in [3.8, 4) is 0 Å². The second-order valence-electron chi connectivity index (χ2n) is 7.72. The molecule has 2 aromatic heterocycles. The zero-order chi connectivity index (χ0) is 22.8. The van der Waals surface area contributed by atoms with E-state index >= 15 is 0 Å². The Morgan fingerprint density at radius 2 is 2.00 bits per heavy atom. The van der Waals surface area contributed by atoms with Crippen LogP contribution >= 0.6 is 0 Å². The number of amides is 1. The van der Waals surface area contributed by atoms with Gasteiger partial charge in [0.15, 0.2) is 5.69 Å². The molecular weight excluding hydrogens is 425 g/mol. The van der Waals surface area contributed by atoms with Crippen LogP contribution in [0, 0.1) is 5.95 Å². The van der Waals surface area contributed by atoms with Gasteiger partial charge in [-0.1, -0.05) is 6.08 Å². The van der Waals surface area contributed by atoms with E-state index in [4.69, 9.17) is 0 Å². The van der Waals surface area contributed by atoms with Gasteiger partial charge in [-0.05, 0) is 30.5 Å². The van der Waals surface area contributed by atoms with Crippen LogP contribution < -0.4 is 15.8 Å². The molecule has 0 saturated carbocycles. The largest absolute Gasteiger partial charge is 0.365 e. The summed E-state index contributed by atoms with van der Waals surface area (Å²) < 4.78 is 39.9. The number of rotatable bonds is 5. The number of carbonyl (C=O) groups is 1. The predicted molar refractivity (Wildman–Crippen MR) is 112 cm³/mol. The third kappa shape index (κ3) is 4.38. The summed E-state index contributed by atoms with van der Waals surface area (Å²) in [6.45, 7) is 2.59. The molecule has 1 unspecified atom stereocenters. The van der Waals surface area contributed by atoms with Gasteiger partial charge in [-0.3, -0.25) is 14.5 Å². The Labute approximate surface area is 182 Å². The Morgan fingerprint density at radius 3 is 2.62 bits per heavy atom. The summed E-state index contributed by atoms with van der Waals surface area (Å²) in [6.07, 6.45) is 1.95. The molecule has 1 saturated heterocycles. The van der Waals surface area contributed by atoms with E-state index in [0.717, 1.165) is 12.0 Å². The molecule has 32 heavy (non-hydrogen) atoms. The molecule has 2 aliphatic rings. The molecule has 0 aromatic carbocycles. The number of allylic oxidation sites excluding steroid dienone is 1. The van der Waals surface area contributed by atoms with Crippen molar-refractivity contribution in [2.24, 2.45) is 0 Å². The Hall–Kier alpha value is -3.21. The first kappa shape index (κ1) is 22.0. The molecule has 170 valence electrons. The van der Waals surface area contributed by atoms with Gasteiger partial charge in [-0.15, -0.1) is 0 Å². The van der Waals surface area contributed by atoms with Crippen molar-refractivity contribution in [2.75, 3.05) is 38.1 Å². The van der Waals surface area contributed by atoms with E-state index in [1.165, 1.54) is 19.3 Å². The minimum Gasteiger partial charge on any atom is -0.365 e. The van der Waals surface area contributed by atoms with Crippen LogP contribution in [0.4, 0.5) is 18.9 Å². The topological polar surface area (TPSA) is 94.2 Å². The third-order valence-electron chi connectivity index (χ3n) is 5.88. The van der Waals surface area contributed by atoms with Crippen LogP contribution in [0.2, 0.25) is 0 Å². The first-order chi connectivity index (χ1) is 15.4. The zero-order valence-electron chi connectivity index (χ0n) is 17.4. The number of halogens is 3. The van der Waals surface area contributed by atoms with Crippen LogP contribution in [-0.4, -0.2) is 65.0 Å². The first-order valence-corrected chi connectivity index (χ1v) is 10.3. The molecule has 1 aliphatic heterocycles. The van der Waals surface area contributed by atoms with Crippen molar-refractivity contribution < 1.29 is 18.0 Å². The molecule has 2 aromatic rings. The third-order valence-corrected chi connectivity index (χ3v) is 5.88. The molecule has 0 bridgehead atoms. The summed E-state index contributed by atoms with van der Waals surface area (Å²) in [5, 5.41) is 2.42. The molecule has 4 rings (SSSR count). The molecule has 1 aliphatic carbocycles. The fraction of sp³-hybridized carbons (Fsp3) is 0.429. The maximum atomic E-state index is 14.4. The average Bonchev–Trinajstić information content (AvgIpc) is 3.28. The predicted octanol–water partition coefficient (Wildman–Crippen LogP) is 1.97. The summed E-state index contributed by atoms with van der Waals surface area (Å²) >= 11 is 0. The SMILES string of the molecule is CNC(=O)c1ccc(N2CCN(C3C=C(c4cnc(C(F)F)c(=O)[nH]4)CC3)CC2)c(F)n1. The molecule has 1 fully saturated rings. The van der Waals surface area contributed by atoms with E-state index in [1.54, 1.807) is 6.07 Å². The van der Waals surface area contributed by atoms with Crippen molar-refractivity contribution >= 4 is 17.2 Å². The number of carbonyl (C=O) groups excluding carboxylic acids is 1. The fourth-order valence-electron chi connectivity index (χ4n) is 4.16. The van der Waals surface area contributed by atoms with Crippen LogP contribution in [-0.2, 0) is 0 Å². The van der Waals surface area contributed by atoms with E-state index in [-0.39, 0.29) is 11.7 Å². The van der Waals surface area contributed by atoms with Gasteiger partial charge in [0, 0.05) is 39.3 Å². The Bertz CT molecular complexity index is 1100. The maximum Gasteiger partial charge on any atom is 0.285 e. The van der Waals surface area contributed by atoms with E-state index in [0.29, 0.717) is 44.0 Å². The summed E-state index contributed by atoms with van der Waals surface area (Å²) in [4.78, 5) is 37.5. The lowest BCUT2D eigenvalue weighted by Gasteiger charge is -2.38. The van der Waals surface area contributed by atoms with Gasteiger partial charge in [0.1, 0.15) is 5.69 Å². The molecule has 8 nitrogen and oxygen atoms in total. The van der Waals surface area contributed by atoms with Gasteiger partial charge in [0.25, 0.3) is 17.9 Å². The van der Waals surface area contributed by atoms with Gasteiger partial charge in [-0.2, -0.15) is 4.39 Å². The smallest absolute Gasteiger partial charge is 0.285 e. The number of hydrogen-bond donors (Lipinski definition) is 2. The average molecular weight is 448 g/mol. The van der Waals surface area contributed by atoms with Crippen LogP contribution in [0.1, 0.15) is 41.1 Å². The van der Waals surface area contributed by atoms with Crippen molar-refractivity contribution in [3.63, 3.8) is 0 Å². The lowest BCUT2D eigenvalue weighted by atomic mass is 10.1. The summed E-state index contributed by atoms with van der Waals surface area (Å²) in [6, 6.07) is 3.22. The van der Waals surface area contributed by atoms with E-state index < -0.39 is 29.5 Å². The van der Waals surface area contributed by atoms with E-state index in [1.807, 2.05) is 11.0 Å². The highest BCUT2D eigenvalue weighted by atomic mass is 19.3. The van der Waals surface area contributed by atoms with Crippen molar-refractivity contribution in [1.29, 1.82) is 0 Å².